The highest BCUT2D eigenvalue weighted by Crippen LogP contribution is 2.47. The normalized spacial score (nSPS) is 19.2. The van der Waals surface area contributed by atoms with Crippen molar-refractivity contribution in [2.24, 2.45) is 10.8 Å². The van der Waals surface area contributed by atoms with Crippen molar-refractivity contribution in [1.82, 2.24) is 0 Å². The van der Waals surface area contributed by atoms with Crippen LogP contribution < -0.4 is 0 Å². The SMILES string of the molecule is CCCC[Si](C#C[C@]1(Cc2ccccc2)CCC[C@](C#C[Si](CCCC)(CCCC)CCCC)(Cc2ccccc2)C1=O)(CCCC)CCCC. The first-order chi connectivity index (χ1) is 24.8. The number of hydrogen-bond acceptors (Lipinski definition) is 1. The zero-order valence-electron chi connectivity index (χ0n) is 33.9. The average Bonchev–Trinajstić information content (AvgIpc) is 3.16. The predicted octanol–water partition coefficient (Wildman–Crippen LogP) is 14.0. The standard InChI is InChI=1S/C48H74OSi2/c1-7-13-34-50(35-14-8-2,36-15-9-3)40-32-47(42-44-26-21-19-22-27-44)30-25-31-48(46(47)49,43-45-28-23-20-24-29-45)33-41-51(37-16-10-4,38-17-11-5)39-18-12-6/h19-24,26-29H,7-18,25,30-31,34-39,42-43H2,1-6H3/t47-,48-/m0/s1. The molecule has 2 aromatic carbocycles. The molecule has 1 aliphatic carbocycles. The van der Waals surface area contributed by atoms with Crippen LogP contribution in [-0.2, 0) is 17.6 Å². The van der Waals surface area contributed by atoms with Crippen molar-refractivity contribution in [2.75, 3.05) is 0 Å². The van der Waals surface area contributed by atoms with E-state index in [0.717, 1.165) is 19.3 Å². The molecular weight excluding hydrogens is 649 g/mol. The summed E-state index contributed by atoms with van der Waals surface area (Å²) in [4.78, 5) is 15.9. The van der Waals surface area contributed by atoms with E-state index in [9.17, 15) is 0 Å². The van der Waals surface area contributed by atoms with Crippen molar-refractivity contribution in [2.45, 2.75) is 187 Å². The average molecular weight is 723 g/mol. The summed E-state index contributed by atoms with van der Waals surface area (Å²) in [6, 6.07) is 29.3. The Morgan fingerprint density at radius 2 is 0.784 bits per heavy atom. The molecule has 1 aliphatic rings. The zero-order valence-corrected chi connectivity index (χ0v) is 35.9. The van der Waals surface area contributed by atoms with Gasteiger partial charge in [-0.25, -0.2) is 0 Å². The van der Waals surface area contributed by atoms with Crippen LogP contribution in [0.1, 0.15) is 149 Å². The van der Waals surface area contributed by atoms with Gasteiger partial charge in [0.25, 0.3) is 0 Å². The van der Waals surface area contributed by atoms with Gasteiger partial charge in [0.1, 0.15) is 16.1 Å². The maximum Gasteiger partial charge on any atom is 0.169 e. The minimum Gasteiger partial charge on any atom is -0.296 e. The second-order valence-electron chi connectivity index (χ2n) is 16.4. The molecule has 1 fully saturated rings. The number of carbonyl (C=O) groups excluding carboxylic acids is 1. The van der Waals surface area contributed by atoms with Gasteiger partial charge in [0.2, 0.25) is 0 Å². The highest BCUT2D eigenvalue weighted by molar-refractivity contribution is 6.87. The molecule has 3 rings (SSSR count). The molecule has 0 N–H and O–H groups in total. The van der Waals surface area contributed by atoms with Crippen LogP contribution in [0, 0.1) is 33.8 Å². The topological polar surface area (TPSA) is 17.1 Å². The van der Waals surface area contributed by atoms with Crippen molar-refractivity contribution in [3.63, 3.8) is 0 Å². The van der Waals surface area contributed by atoms with Gasteiger partial charge in [0, 0.05) is 0 Å². The molecule has 0 saturated heterocycles. The monoisotopic (exact) mass is 723 g/mol. The quantitative estimate of drug-likeness (QED) is 0.0873. The van der Waals surface area contributed by atoms with E-state index in [1.54, 1.807) is 0 Å². The van der Waals surface area contributed by atoms with Crippen LogP contribution in [-0.4, -0.2) is 21.9 Å². The molecule has 0 heterocycles. The first kappa shape index (κ1) is 43.1. The van der Waals surface area contributed by atoms with E-state index in [2.05, 4.69) is 125 Å². The van der Waals surface area contributed by atoms with Crippen LogP contribution in [0.15, 0.2) is 60.7 Å². The van der Waals surface area contributed by atoms with Gasteiger partial charge in [-0.15, -0.1) is 11.1 Å². The number of rotatable bonds is 22. The molecule has 0 aromatic heterocycles. The molecule has 0 spiro atoms. The molecule has 2 aromatic rings. The number of benzene rings is 2. The lowest BCUT2D eigenvalue weighted by Crippen LogP contribution is -2.49. The van der Waals surface area contributed by atoms with Crippen LogP contribution in [0.4, 0.5) is 0 Å². The molecule has 2 atom stereocenters. The Morgan fingerprint density at radius 3 is 1.06 bits per heavy atom. The van der Waals surface area contributed by atoms with Gasteiger partial charge in [-0.05, 0) is 79.5 Å². The third-order valence-electron chi connectivity index (χ3n) is 12.0. The number of carbonyl (C=O) groups is 1. The van der Waals surface area contributed by atoms with Gasteiger partial charge in [-0.1, -0.05) is 191 Å². The lowest BCUT2D eigenvalue weighted by molar-refractivity contribution is -0.136. The predicted molar refractivity (Wildman–Crippen MR) is 229 cm³/mol. The van der Waals surface area contributed by atoms with Gasteiger partial charge >= 0.3 is 0 Å². The Morgan fingerprint density at radius 1 is 0.490 bits per heavy atom. The minimum absolute atomic E-state index is 0.350. The van der Waals surface area contributed by atoms with E-state index in [1.807, 2.05) is 0 Å². The maximum atomic E-state index is 15.9. The van der Waals surface area contributed by atoms with E-state index in [0.29, 0.717) is 18.6 Å². The van der Waals surface area contributed by atoms with Crippen LogP contribution in [0.2, 0.25) is 36.3 Å². The smallest absolute Gasteiger partial charge is 0.169 e. The van der Waals surface area contributed by atoms with Crippen LogP contribution >= 0.6 is 0 Å². The summed E-state index contributed by atoms with van der Waals surface area (Å²) >= 11 is 0. The first-order valence-corrected chi connectivity index (χ1v) is 26.8. The van der Waals surface area contributed by atoms with Crippen LogP contribution in [0.5, 0.6) is 0 Å². The molecule has 0 amide bonds. The Balaban J connectivity index is 2.30. The summed E-state index contributed by atoms with van der Waals surface area (Å²) in [5.41, 5.74) is 9.47. The Hall–Kier alpha value is -2.34. The van der Waals surface area contributed by atoms with E-state index < -0.39 is 27.0 Å². The second-order valence-corrected chi connectivity index (χ2v) is 25.0. The number of unbranched alkanes of at least 4 members (excludes halogenated alkanes) is 6. The van der Waals surface area contributed by atoms with Crippen molar-refractivity contribution < 1.29 is 4.79 Å². The van der Waals surface area contributed by atoms with Crippen molar-refractivity contribution in [1.29, 1.82) is 0 Å². The maximum absolute atomic E-state index is 15.9. The second kappa shape index (κ2) is 22.7. The third kappa shape index (κ3) is 12.9. The van der Waals surface area contributed by atoms with E-state index in [1.165, 1.54) is 124 Å². The Bertz CT molecular complexity index is 1240. The van der Waals surface area contributed by atoms with Gasteiger partial charge in [0.15, 0.2) is 5.78 Å². The minimum atomic E-state index is -1.89. The fourth-order valence-electron chi connectivity index (χ4n) is 8.65. The largest absolute Gasteiger partial charge is 0.296 e. The summed E-state index contributed by atoms with van der Waals surface area (Å²) in [5.74, 6) is 8.44. The summed E-state index contributed by atoms with van der Waals surface area (Å²) < 4.78 is 0. The molecule has 0 bridgehead atoms. The fraction of sp³-hybridized carbons (Fsp3) is 0.646. The summed E-state index contributed by atoms with van der Waals surface area (Å²) in [6.07, 6.45) is 19.0. The number of Topliss-reactive ketones (excluding diaryl/α,β-unsaturated/α-hetero) is 1. The molecule has 51 heavy (non-hydrogen) atoms. The van der Waals surface area contributed by atoms with Crippen LogP contribution in [0.25, 0.3) is 0 Å². The molecule has 3 heteroatoms. The molecule has 0 unspecified atom stereocenters. The Labute approximate surface area is 318 Å². The lowest BCUT2D eigenvalue weighted by Gasteiger charge is -2.42. The first-order valence-electron chi connectivity index (χ1n) is 21.5. The van der Waals surface area contributed by atoms with Crippen molar-refractivity contribution >= 4 is 21.9 Å². The van der Waals surface area contributed by atoms with Crippen LogP contribution in [0.3, 0.4) is 0 Å². The van der Waals surface area contributed by atoms with Gasteiger partial charge in [-0.2, -0.15) is 0 Å². The highest BCUT2D eigenvalue weighted by Gasteiger charge is 2.52. The molecular formula is C48H74OSi2. The van der Waals surface area contributed by atoms with Gasteiger partial charge < -0.3 is 0 Å². The van der Waals surface area contributed by atoms with E-state index in [4.69, 9.17) is 0 Å². The van der Waals surface area contributed by atoms with Crippen molar-refractivity contribution in [3.05, 3.63) is 71.8 Å². The van der Waals surface area contributed by atoms with Gasteiger partial charge in [-0.3, -0.25) is 4.79 Å². The zero-order chi connectivity index (χ0) is 36.9. The summed E-state index contributed by atoms with van der Waals surface area (Å²) in [5, 5.41) is 0. The fourth-order valence-corrected chi connectivity index (χ4v) is 18.1. The molecule has 1 nitrogen and oxygen atoms in total. The number of ketones is 1. The molecule has 0 aliphatic heterocycles. The van der Waals surface area contributed by atoms with Gasteiger partial charge in [0.05, 0.1) is 10.8 Å². The molecule has 1 saturated carbocycles. The number of hydrogen-bond donors (Lipinski definition) is 0. The third-order valence-corrected chi connectivity index (χ3v) is 21.1. The van der Waals surface area contributed by atoms with Crippen molar-refractivity contribution in [3.8, 4) is 22.9 Å². The molecule has 0 radical (unpaired) electrons. The Kier molecular flexibility index (Phi) is 19.1. The van der Waals surface area contributed by atoms with E-state index >= 15 is 4.79 Å². The highest BCUT2D eigenvalue weighted by atomic mass is 28.3. The van der Waals surface area contributed by atoms with E-state index in [-0.39, 0.29) is 0 Å². The summed E-state index contributed by atoms with van der Waals surface area (Å²) in [6.45, 7) is 14.0. The summed E-state index contributed by atoms with van der Waals surface area (Å²) in [7, 11) is -3.79. The molecule has 280 valence electrons. The lowest BCUT2D eigenvalue weighted by atomic mass is 9.58.